The molecule has 144 valence electrons. The molecular weight excluding hydrogens is 368 g/mol. The minimum absolute atomic E-state index is 0.0111. The Morgan fingerprint density at radius 2 is 1.78 bits per heavy atom. The smallest absolute Gasteiger partial charge is 0.305 e. The third-order valence-corrected chi connectivity index (χ3v) is 5.45. The van der Waals surface area contributed by atoms with Gasteiger partial charge in [0.15, 0.2) is 0 Å². The number of carboxylic acids is 1. The third kappa shape index (κ3) is 5.90. The van der Waals surface area contributed by atoms with Crippen molar-refractivity contribution >= 4 is 21.9 Å². The Kier molecular flexibility index (Phi) is 6.70. The van der Waals surface area contributed by atoms with Gasteiger partial charge in [-0.15, -0.1) is 0 Å². The van der Waals surface area contributed by atoms with Gasteiger partial charge in [0.2, 0.25) is 10.0 Å². The Hall–Kier alpha value is -2.71. The highest BCUT2D eigenvalue weighted by Gasteiger charge is 2.20. The molecule has 0 aliphatic carbocycles. The van der Waals surface area contributed by atoms with Crippen molar-refractivity contribution < 1.29 is 23.1 Å². The molecule has 0 aromatic heterocycles. The predicted molar refractivity (Wildman–Crippen MR) is 101 cm³/mol. The summed E-state index contributed by atoms with van der Waals surface area (Å²) in [7, 11) is -3.82. The molecule has 0 aliphatic heterocycles. The summed E-state index contributed by atoms with van der Waals surface area (Å²) in [6, 6.07) is 12.9. The topological polar surface area (TPSA) is 113 Å². The summed E-state index contributed by atoms with van der Waals surface area (Å²) in [6.07, 6.45) is -0.221. The van der Waals surface area contributed by atoms with Crippen molar-refractivity contribution in [2.45, 2.75) is 37.8 Å². The van der Waals surface area contributed by atoms with Gasteiger partial charge < -0.3 is 10.4 Å². The Morgan fingerprint density at radius 3 is 2.41 bits per heavy atom. The van der Waals surface area contributed by atoms with Gasteiger partial charge in [0.25, 0.3) is 5.91 Å². The molecule has 8 heteroatoms. The Balaban J connectivity index is 2.18. The fourth-order valence-electron chi connectivity index (χ4n) is 2.50. The van der Waals surface area contributed by atoms with Gasteiger partial charge in [-0.1, -0.05) is 36.4 Å². The van der Waals surface area contributed by atoms with Crippen molar-refractivity contribution in [3.63, 3.8) is 0 Å². The van der Waals surface area contributed by atoms with Crippen LogP contribution in [0.2, 0.25) is 0 Å². The van der Waals surface area contributed by atoms with Crippen molar-refractivity contribution in [2.75, 3.05) is 0 Å². The molecule has 3 N–H and O–H groups in total. The van der Waals surface area contributed by atoms with Crippen LogP contribution in [0.3, 0.4) is 0 Å². The first-order valence-corrected chi connectivity index (χ1v) is 9.84. The number of nitrogens with one attached hydrogen (secondary N) is 2. The first-order valence-electron chi connectivity index (χ1n) is 8.36. The summed E-state index contributed by atoms with van der Waals surface area (Å²) in [5.74, 6) is -1.55. The molecule has 0 bridgehead atoms. The molecule has 1 amide bonds. The average molecular weight is 390 g/mol. The van der Waals surface area contributed by atoms with Crippen LogP contribution in [0, 0.1) is 6.92 Å². The molecule has 0 heterocycles. The van der Waals surface area contributed by atoms with Crippen molar-refractivity contribution in [2.24, 2.45) is 0 Å². The highest BCUT2D eigenvalue weighted by Crippen LogP contribution is 2.18. The first kappa shape index (κ1) is 20.6. The van der Waals surface area contributed by atoms with Crippen LogP contribution >= 0.6 is 0 Å². The van der Waals surface area contributed by atoms with E-state index in [4.69, 9.17) is 5.11 Å². The minimum Gasteiger partial charge on any atom is -0.481 e. The van der Waals surface area contributed by atoms with Gasteiger partial charge in [-0.25, -0.2) is 13.1 Å². The molecule has 0 aliphatic rings. The van der Waals surface area contributed by atoms with E-state index in [1.54, 1.807) is 19.9 Å². The van der Waals surface area contributed by atoms with Crippen molar-refractivity contribution in [3.8, 4) is 0 Å². The number of rotatable bonds is 8. The van der Waals surface area contributed by atoms with Crippen LogP contribution in [0.1, 0.15) is 34.8 Å². The lowest BCUT2D eigenvalue weighted by molar-refractivity contribution is -0.137. The molecule has 2 rings (SSSR count). The molecule has 0 radical (unpaired) electrons. The zero-order valence-electron chi connectivity index (χ0n) is 15.1. The molecular formula is C19H22N2O5S. The molecule has 1 unspecified atom stereocenters. The summed E-state index contributed by atoms with van der Waals surface area (Å²) in [5.41, 5.74) is 1.47. The molecule has 1 atom stereocenters. The molecule has 2 aromatic rings. The monoisotopic (exact) mass is 390 g/mol. The van der Waals surface area contributed by atoms with Crippen LogP contribution in [-0.2, 0) is 21.4 Å². The lowest BCUT2D eigenvalue weighted by Crippen LogP contribution is -2.34. The second-order valence-corrected chi connectivity index (χ2v) is 8.00. The predicted octanol–water partition coefficient (Wildman–Crippen LogP) is 2.07. The maximum atomic E-state index is 12.6. The summed E-state index contributed by atoms with van der Waals surface area (Å²) >= 11 is 0. The van der Waals surface area contributed by atoms with E-state index in [9.17, 15) is 18.0 Å². The van der Waals surface area contributed by atoms with E-state index in [0.717, 1.165) is 5.56 Å². The van der Waals surface area contributed by atoms with E-state index in [0.29, 0.717) is 5.56 Å². The number of sulfonamides is 1. The Morgan fingerprint density at radius 1 is 1.11 bits per heavy atom. The lowest BCUT2D eigenvalue weighted by atomic mass is 10.1. The SMILES string of the molecule is Cc1ccc(C(=O)NC(C)CC(=O)O)cc1S(=O)(=O)NCc1ccccc1. The van der Waals surface area contributed by atoms with Gasteiger partial charge >= 0.3 is 5.97 Å². The largest absolute Gasteiger partial charge is 0.481 e. The van der Waals surface area contributed by atoms with Gasteiger partial charge in [0.05, 0.1) is 11.3 Å². The number of aryl methyl sites for hydroxylation is 1. The van der Waals surface area contributed by atoms with E-state index < -0.39 is 27.9 Å². The summed E-state index contributed by atoms with van der Waals surface area (Å²) in [6.45, 7) is 3.35. The second kappa shape index (κ2) is 8.79. The fraction of sp³-hybridized carbons (Fsp3) is 0.263. The summed E-state index contributed by atoms with van der Waals surface area (Å²) in [5, 5.41) is 11.3. The summed E-state index contributed by atoms with van der Waals surface area (Å²) < 4.78 is 27.8. The Labute approximate surface area is 158 Å². The molecule has 2 aromatic carbocycles. The van der Waals surface area contributed by atoms with Crippen molar-refractivity contribution in [1.82, 2.24) is 10.0 Å². The summed E-state index contributed by atoms with van der Waals surface area (Å²) in [4.78, 5) is 23.0. The zero-order valence-corrected chi connectivity index (χ0v) is 15.9. The van der Waals surface area contributed by atoms with Gasteiger partial charge in [-0.05, 0) is 37.1 Å². The number of carbonyl (C=O) groups excluding carboxylic acids is 1. The molecule has 7 nitrogen and oxygen atoms in total. The number of benzene rings is 2. The van der Waals surface area contributed by atoms with Crippen LogP contribution in [0.5, 0.6) is 0 Å². The third-order valence-electron chi connectivity index (χ3n) is 3.91. The Bertz CT molecular complexity index is 926. The first-order chi connectivity index (χ1) is 12.7. The van der Waals surface area contributed by atoms with Crippen LogP contribution < -0.4 is 10.0 Å². The number of amides is 1. The maximum absolute atomic E-state index is 12.6. The quantitative estimate of drug-likeness (QED) is 0.639. The van der Waals surface area contributed by atoms with E-state index >= 15 is 0 Å². The highest BCUT2D eigenvalue weighted by molar-refractivity contribution is 7.89. The zero-order chi connectivity index (χ0) is 20.0. The maximum Gasteiger partial charge on any atom is 0.305 e. The van der Waals surface area contributed by atoms with Gasteiger partial charge in [0, 0.05) is 18.2 Å². The number of aliphatic carboxylic acids is 1. The van der Waals surface area contributed by atoms with Crippen LogP contribution in [0.15, 0.2) is 53.4 Å². The number of hydrogen-bond acceptors (Lipinski definition) is 4. The van der Waals surface area contributed by atoms with Crippen molar-refractivity contribution in [3.05, 3.63) is 65.2 Å². The molecule has 0 spiro atoms. The van der Waals surface area contributed by atoms with E-state index in [2.05, 4.69) is 10.0 Å². The van der Waals surface area contributed by atoms with E-state index in [1.807, 2.05) is 30.3 Å². The molecule has 0 saturated carbocycles. The van der Waals surface area contributed by atoms with Crippen molar-refractivity contribution in [1.29, 1.82) is 0 Å². The molecule has 27 heavy (non-hydrogen) atoms. The molecule has 0 fully saturated rings. The van der Waals surface area contributed by atoms with Gasteiger partial charge in [0.1, 0.15) is 0 Å². The standard InChI is InChI=1S/C19H22N2O5S/c1-13-8-9-16(19(24)21-14(2)10-18(22)23)11-17(13)27(25,26)20-12-15-6-4-3-5-7-15/h3-9,11,14,20H,10,12H2,1-2H3,(H,21,24)(H,22,23). The average Bonchev–Trinajstić information content (AvgIpc) is 2.60. The lowest BCUT2D eigenvalue weighted by Gasteiger charge is -2.14. The minimum atomic E-state index is -3.82. The number of carboxylic acid groups (broad SMARTS) is 1. The van der Waals surface area contributed by atoms with Crippen LogP contribution in [-0.4, -0.2) is 31.4 Å². The van der Waals surface area contributed by atoms with E-state index in [1.165, 1.54) is 12.1 Å². The number of hydrogen-bond donors (Lipinski definition) is 3. The van der Waals surface area contributed by atoms with Crippen LogP contribution in [0.25, 0.3) is 0 Å². The normalized spacial score (nSPS) is 12.4. The van der Waals surface area contributed by atoms with E-state index in [-0.39, 0.29) is 23.4 Å². The van der Waals surface area contributed by atoms with Gasteiger partial charge in [-0.3, -0.25) is 9.59 Å². The molecule has 0 saturated heterocycles. The second-order valence-electron chi connectivity index (χ2n) is 6.26. The fourth-order valence-corrected chi connectivity index (χ4v) is 3.79. The van der Waals surface area contributed by atoms with Gasteiger partial charge in [-0.2, -0.15) is 0 Å². The highest BCUT2D eigenvalue weighted by atomic mass is 32.2. The van der Waals surface area contributed by atoms with Crippen LogP contribution in [0.4, 0.5) is 0 Å². The number of carbonyl (C=O) groups is 2.